The van der Waals surface area contributed by atoms with Crippen LogP contribution in [0.3, 0.4) is 0 Å². The third-order valence-corrected chi connectivity index (χ3v) is 3.92. The molecule has 0 radical (unpaired) electrons. The minimum Gasteiger partial charge on any atom is -0.481 e. The topological polar surface area (TPSA) is 231 Å². The van der Waals surface area contributed by atoms with E-state index in [0.717, 1.165) is 0 Å². The first-order valence-electron chi connectivity index (χ1n) is 8.44. The quantitative estimate of drug-likeness (QED) is 0.127. The van der Waals surface area contributed by atoms with Gasteiger partial charge in [0.2, 0.25) is 23.6 Å². The van der Waals surface area contributed by atoms with Gasteiger partial charge in [0, 0.05) is 18.6 Å². The van der Waals surface area contributed by atoms with Crippen molar-refractivity contribution in [1.29, 1.82) is 0 Å². The summed E-state index contributed by atoms with van der Waals surface area (Å²) in [6, 6.07) is -3.72. The second-order valence-electron chi connectivity index (χ2n) is 5.96. The van der Waals surface area contributed by atoms with Gasteiger partial charge in [0.05, 0.1) is 12.6 Å². The van der Waals surface area contributed by atoms with E-state index in [0.29, 0.717) is 0 Å². The van der Waals surface area contributed by atoms with E-state index in [9.17, 15) is 28.8 Å². The second-order valence-corrected chi connectivity index (χ2v) is 6.33. The average Bonchev–Trinajstić information content (AvgIpc) is 2.64. The molecular formula is C15H25N5O8S. The van der Waals surface area contributed by atoms with Gasteiger partial charge in [-0.2, -0.15) is 12.6 Å². The molecule has 0 saturated carbocycles. The smallest absolute Gasteiger partial charge is 0.326 e. The Morgan fingerprint density at radius 3 is 2.00 bits per heavy atom. The maximum Gasteiger partial charge on any atom is 0.326 e. The Morgan fingerprint density at radius 2 is 1.52 bits per heavy atom. The Bertz CT molecular complexity index is 644. The van der Waals surface area contributed by atoms with Crippen LogP contribution in [0, 0.1) is 0 Å². The number of hydrogen-bond acceptors (Lipinski definition) is 8. The van der Waals surface area contributed by atoms with E-state index in [-0.39, 0.29) is 31.4 Å². The average molecular weight is 435 g/mol. The normalized spacial score (nSPS) is 13.4. The SMILES string of the molecule is NC(=O)CCC(NC(=O)C(CS)NC(=O)CNC(=O)C(N)CCC(=O)O)C(=O)O. The molecule has 0 aliphatic rings. The Morgan fingerprint density at radius 1 is 0.897 bits per heavy atom. The standard InChI is InChI=1S/C15H25N5O8S/c16-7(1-4-12(23)24)13(25)18-5-11(22)19-9(6-29)14(26)20-8(15(27)28)2-3-10(17)21/h7-9,29H,1-6,16H2,(H2,17,21)(H,18,25)(H,19,22)(H,20,26)(H,23,24)(H,27,28). The van der Waals surface area contributed by atoms with Crippen molar-refractivity contribution in [3.63, 3.8) is 0 Å². The molecule has 0 aliphatic carbocycles. The highest BCUT2D eigenvalue weighted by Crippen LogP contribution is 2.00. The lowest BCUT2D eigenvalue weighted by atomic mass is 10.1. The van der Waals surface area contributed by atoms with Crippen LogP contribution >= 0.6 is 12.6 Å². The molecule has 0 spiro atoms. The molecule has 0 bridgehead atoms. The zero-order valence-corrected chi connectivity index (χ0v) is 16.3. The highest BCUT2D eigenvalue weighted by Gasteiger charge is 2.26. The van der Waals surface area contributed by atoms with Crippen LogP contribution in [-0.2, 0) is 28.8 Å². The van der Waals surface area contributed by atoms with E-state index in [2.05, 4.69) is 28.6 Å². The third kappa shape index (κ3) is 11.5. The van der Waals surface area contributed by atoms with Gasteiger partial charge in [-0.3, -0.25) is 24.0 Å². The van der Waals surface area contributed by atoms with E-state index in [1.807, 2.05) is 0 Å². The lowest BCUT2D eigenvalue weighted by molar-refractivity contribution is -0.142. The molecule has 0 fully saturated rings. The summed E-state index contributed by atoms with van der Waals surface area (Å²) in [5, 5.41) is 24.2. The molecular weight excluding hydrogens is 410 g/mol. The minimum absolute atomic E-state index is 0.119. The van der Waals surface area contributed by atoms with E-state index in [1.54, 1.807) is 0 Å². The van der Waals surface area contributed by atoms with E-state index >= 15 is 0 Å². The van der Waals surface area contributed by atoms with Crippen LogP contribution < -0.4 is 27.4 Å². The van der Waals surface area contributed by atoms with Crippen molar-refractivity contribution < 1.29 is 39.0 Å². The predicted octanol–water partition coefficient (Wildman–Crippen LogP) is -3.46. The number of carbonyl (C=O) groups is 6. The van der Waals surface area contributed by atoms with Crippen LogP contribution in [0.2, 0.25) is 0 Å². The van der Waals surface area contributed by atoms with Gasteiger partial charge >= 0.3 is 11.9 Å². The van der Waals surface area contributed by atoms with Crippen LogP contribution in [0.25, 0.3) is 0 Å². The molecule has 0 rings (SSSR count). The number of amides is 4. The molecule has 4 amide bonds. The van der Waals surface area contributed by atoms with Gasteiger partial charge in [0.1, 0.15) is 12.1 Å². The van der Waals surface area contributed by atoms with Crippen LogP contribution in [0.5, 0.6) is 0 Å². The fourth-order valence-electron chi connectivity index (χ4n) is 1.96. The number of nitrogens with one attached hydrogen (secondary N) is 3. The highest BCUT2D eigenvalue weighted by molar-refractivity contribution is 7.80. The van der Waals surface area contributed by atoms with Crippen LogP contribution in [0.15, 0.2) is 0 Å². The Balaban J connectivity index is 4.59. The Labute approximate surface area is 171 Å². The first kappa shape index (κ1) is 26.1. The van der Waals surface area contributed by atoms with Gasteiger partial charge in [-0.25, -0.2) is 4.79 Å². The van der Waals surface area contributed by atoms with Crippen molar-refractivity contribution in [2.24, 2.45) is 11.5 Å². The molecule has 9 N–H and O–H groups in total. The summed E-state index contributed by atoms with van der Waals surface area (Å²) >= 11 is 3.92. The number of rotatable bonds is 14. The molecule has 14 heteroatoms. The maximum absolute atomic E-state index is 12.1. The Hall–Kier alpha value is -2.87. The molecule has 3 unspecified atom stereocenters. The van der Waals surface area contributed by atoms with E-state index in [1.165, 1.54) is 0 Å². The molecule has 0 saturated heterocycles. The number of thiol groups is 1. The zero-order chi connectivity index (χ0) is 22.6. The molecule has 0 heterocycles. The van der Waals surface area contributed by atoms with Crippen LogP contribution in [-0.4, -0.2) is 76.2 Å². The summed E-state index contributed by atoms with van der Waals surface area (Å²) in [4.78, 5) is 68.1. The number of hydrogen-bond donors (Lipinski definition) is 8. The fraction of sp³-hybridized carbons (Fsp3) is 0.600. The minimum atomic E-state index is -1.39. The highest BCUT2D eigenvalue weighted by atomic mass is 32.1. The van der Waals surface area contributed by atoms with Crippen molar-refractivity contribution in [3.8, 4) is 0 Å². The molecule has 0 aromatic rings. The number of carbonyl (C=O) groups excluding carboxylic acids is 4. The zero-order valence-electron chi connectivity index (χ0n) is 15.4. The van der Waals surface area contributed by atoms with Gasteiger partial charge in [-0.15, -0.1) is 0 Å². The first-order valence-corrected chi connectivity index (χ1v) is 9.07. The van der Waals surface area contributed by atoms with E-state index < -0.39 is 60.2 Å². The van der Waals surface area contributed by atoms with Crippen molar-refractivity contribution >= 4 is 48.2 Å². The fourth-order valence-corrected chi connectivity index (χ4v) is 2.22. The summed E-state index contributed by atoms with van der Waals surface area (Å²) in [6.45, 7) is -0.540. The number of carboxylic acids is 2. The summed E-state index contributed by atoms with van der Waals surface area (Å²) in [7, 11) is 0. The number of nitrogens with two attached hydrogens (primary N) is 2. The van der Waals surface area contributed by atoms with Gasteiger partial charge < -0.3 is 37.6 Å². The lowest BCUT2D eigenvalue weighted by Gasteiger charge is -2.20. The molecule has 0 aliphatic heterocycles. The van der Waals surface area contributed by atoms with Crippen molar-refractivity contribution in [1.82, 2.24) is 16.0 Å². The molecule has 29 heavy (non-hydrogen) atoms. The van der Waals surface area contributed by atoms with Gasteiger partial charge in [-0.05, 0) is 12.8 Å². The lowest BCUT2D eigenvalue weighted by Crippen LogP contribution is -2.54. The van der Waals surface area contributed by atoms with Gasteiger partial charge in [-0.1, -0.05) is 0 Å². The van der Waals surface area contributed by atoms with Gasteiger partial charge in [0.15, 0.2) is 0 Å². The maximum atomic E-state index is 12.1. The monoisotopic (exact) mass is 435 g/mol. The van der Waals surface area contributed by atoms with Crippen molar-refractivity contribution in [2.45, 2.75) is 43.8 Å². The van der Waals surface area contributed by atoms with Crippen molar-refractivity contribution in [3.05, 3.63) is 0 Å². The number of carboxylic acid groups (broad SMARTS) is 2. The summed E-state index contributed by atoms with van der Waals surface area (Å²) in [5.41, 5.74) is 10.4. The van der Waals surface area contributed by atoms with Gasteiger partial charge in [0.25, 0.3) is 0 Å². The molecule has 0 aromatic heterocycles. The summed E-state index contributed by atoms with van der Waals surface area (Å²) in [6.07, 6.45) is -0.924. The second kappa shape index (κ2) is 13.3. The Kier molecular flexibility index (Phi) is 12.0. The summed E-state index contributed by atoms with van der Waals surface area (Å²) in [5.74, 6) is -5.79. The van der Waals surface area contributed by atoms with Crippen molar-refractivity contribution in [2.75, 3.05) is 12.3 Å². The molecule has 13 nitrogen and oxygen atoms in total. The molecule has 3 atom stereocenters. The summed E-state index contributed by atoms with van der Waals surface area (Å²) < 4.78 is 0. The van der Waals surface area contributed by atoms with Crippen LogP contribution in [0.1, 0.15) is 25.7 Å². The number of aliphatic carboxylic acids is 2. The molecule has 164 valence electrons. The van der Waals surface area contributed by atoms with E-state index in [4.69, 9.17) is 21.7 Å². The predicted molar refractivity (Wildman–Crippen MR) is 102 cm³/mol. The first-order chi connectivity index (χ1) is 13.5. The van der Waals surface area contributed by atoms with Crippen LogP contribution in [0.4, 0.5) is 0 Å². The molecule has 0 aromatic carbocycles. The third-order valence-electron chi connectivity index (χ3n) is 3.56. The number of primary amides is 1. The largest absolute Gasteiger partial charge is 0.481 e.